The molecule has 0 aliphatic rings. The molecule has 20 heavy (non-hydrogen) atoms. The Kier molecular flexibility index (Phi) is 4.06. The quantitative estimate of drug-likeness (QED) is 0.929. The largest absolute Gasteiger partial charge is 0.370 e. The van der Waals surface area contributed by atoms with Crippen LogP contribution in [-0.2, 0) is 0 Å². The molecule has 5 nitrogen and oxygen atoms in total. The zero-order chi connectivity index (χ0) is 14.9. The maximum atomic E-state index is 4.71. The minimum absolute atomic E-state index is 0.281. The number of anilines is 1. The maximum absolute atomic E-state index is 4.71. The highest BCUT2D eigenvalue weighted by atomic mass is 15.3. The lowest BCUT2D eigenvalue weighted by Gasteiger charge is -2.15. The summed E-state index contributed by atoms with van der Waals surface area (Å²) in [4.78, 5) is 9.33. The zero-order valence-electron chi connectivity index (χ0n) is 13.2. The van der Waals surface area contributed by atoms with Gasteiger partial charge in [-0.25, -0.2) is 14.6 Å². The van der Waals surface area contributed by atoms with E-state index in [1.165, 1.54) is 0 Å². The van der Waals surface area contributed by atoms with Crippen LogP contribution < -0.4 is 5.32 Å². The second kappa shape index (κ2) is 5.61. The van der Waals surface area contributed by atoms with Gasteiger partial charge >= 0.3 is 0 Å². The van der Waals surface area contributed by atoms with Crippen molar-refractivity contribution in [3.8, 4) is 5.82 Å². The first-order valence-electron chi connectivity index (χ1n) is 7.10. The van der Waals surface area contributed by atoms with Crippen molar-refractivity contribution in [3.05, 3.63) is 28.8 Å². The van der Waals surface area contributed by atoms with Gasteiger partial charge in [0.05, 0.1) is 5.69 Å². The molecule has 0 aliphatic heterocycles. The van der Waals surface area contributed by atoms with Crippen molar-refractivity contribution in [1.29, 1.82) is 0 Å². The standard InChI is InChI=1S/C15H23N5/c1-7-16-14-12(6)15(18-13(17-14)9(2)3)20-11(5)8-10(4)19-20/h8-9H,7H2,1-6H3,(H,16,17,18). The van der Waals surface area contributed by atoms with E-state index in [4.69, 9.17) is 4.98 Å². The first kappa shape index (κ1) is 14.5. The normalized spacial score (nSPS) is 11.2. The molecule has 0 fully saturated rings. The smallest absolute Gasteiger partial charge is 0.162 e. The molecule has 0 aromatic carbocycles. The highest BCUT2D eigenvalue weighted by molar-refractivity contribution is 5.52. The van der Waals surface area contributed by atoms with E-state index in [1.54, 1.807) is 0 Å². The summed E-state index contributed by atoms with van der Waals surface area (Å²) in [6.07, 6.45) is 0. The summed E-state index contributed by atoms with van der Waals surface area (Å²) in [6, 6.07) is 2.06. The second-order valence-electron chi connectivity index (χ2n) is 5.40. The number of hydrogen-bond donors (Lipinski definition) is 1. The fourth-order valence-corrected chi connectivity index (χ4v) is 2.17. The molecule has 2 heterocycles. The van der Waals surface area contributed by atoms with Crippen molar-refractivity contribution in [2.75, 3.05) is 11.9 Å². The fourth-order valence-electron chi connectivity index (χ4n) is 2.17. The van der Waals surface area contributed by atoms with Crippen LogP contribution >= 0.6 is 0 Å². The Morgan fingerprint density at radius 3 is 2.40 bits per heavy atom. The minimum atomic E-state index is 0.281. The summed E-state index contributed by atoms with van der Waals surface area (Å²) >= 11 is 0. The average Bonchev–Trinajstić information content (AvgIpc) is 2.71. The molecule has 0 saturated carbocycles. The van der Waals surface area contributed by atoms with Gasteiger partial charge in [0.15, 0.2) is 5.82 Å². The van der Waals surface area contributed by atoms with E-state index in [0.29, 0.717) is 0 Å². The molecule has 0 radical (unpaired) electrons. The Bertz CT molecular complexity index is 613. The lowest BCUT2D eigenvalue weighted by molar-refractivity contribution is 0.730. The van der Waals surface area contributed by atoms with Gasteiger partial charge in [0.2, 0.25) is 0 Å². The van der Waals surface area contributed by atoms with Gasteiger partial charge in [0.1, 0.15) is 11.6 Å². The zero-order valence-corrected chi connectivity index (χ0v) is 13.2. The van der Waals surface area contributed by atoms with E-state index in [9.17, 15) is 0 Å². The van der Waals surface area contributed by atoms with E-state index in [0.717, 1.165) is 41.0 Å². The Labute approximate surface area is 120 Å². The molecule has 1 N–H and O–H groups in total. The average molecular weight is 273 g/mol. The number of hydrogen-bond acceptors (Lipinski definition) is 4. The number of nitrogens with zero attached hydrogens (tertiary/aromatic N) is 4. The summed E-state index contributed by atoms with van der Waals surface area (Å²) in [6.45, 7) is 13.2. The van der Waals surface area contributed by atoms with Gasteiger partial charge in [0.25, 0.3) is 0 Å². The SMILES string of the molecule is CCNc1nc(C(C)C)nc(-n2nc(C)cc2C)c1C. The molecular weight excluding hydrogens is 250 g/mol. The molecule has 0 unspecified atom stereocenters. The van der Waals surface area contributed by atoms with Gasteiger partial charge in [0, 0.05) is 23.7 Å². The van der Waals surface area contributed by atoms with Crippen LogP contribution in [0.1, 0.15) is 49.5 Å². The monoisotopic (exact) mass is 273 g/mol. The highest BCUT2D eigenvalue weighted by Crippen LogP contribution is 2.23. The molecule has 0 saturated heterocycles. The number of nitrogens with one attached hydrogen (secondary N) is 1. The van der Waals surface area contributed by atoms with E-state index in [1.807, 2.05) is 25.5 Å². The van der Waals surface area contributed by atoms with Crippen LogP contribution in [0.25, 0.3) is 5.82 Å². The van der Waals surface area contributed by atoms with E-state index in [2.05, 4.69) is 42.2 Å². The van der Waals surface area contributed by atoms with Gasteiger partial charge < -0.3 is 5.32 Å². The second-order valence-corrected chi connectivity index (χ2v) is 5.40. The van der Waals surface area contributed by atoms with Crippen LogP contribution in [0.2, 0.25) is 0 Å². The van der Waals surface area contributed by atoms with Crippen LogP contribution in [0.4, 0.5) is 5.82 Å². The van der Waals surface area contributed by atoms with Crippen LogP contribution in [0, 0.1) is 20.8 Å². The molecule has 0 bridgehead atoms. The Balaban J connectivity index is 2.64. The third-order valence-corrected chi connectivity index (χ3v) is 3.21. The van der Waals surface area contributed by atoms with Crippen molar-refractivity contribution < 1.29 is 0 Å². The first-order chi connectivity index (χ1) is 9.43. The molecule has 0 atom stereocenters. The number of rotatable bonds is 4. The third kappa shape index (κ3) is 2.66. The molecule has 2 rings (SSSR count). The molecule has 2 aromatic heterocycles. The van der Waals surface area contributed by atoms with Crippen LogP contribution in [0.3, 0.4) is 0 Å². The first-order valence-corrected chi connectivity index (χ1v) is 7.10. The van der Waals surface area contributed by atoms with Gasteiger partial charge in [-0.3, -0.25) is 0 Å². The van der Waals surface area contributed by atoms with Crippen molar-refractivity contribution in [3.63, 3.8) is 0 Å². The van der Waals surface area contributed by atoms with Crippen molar-refractivity contribution >= 4 is 5.82 Å². The van der Waals surface area contributed by atoms with Crippen LogP contribution in [0.5, 0.6) is 0 Å². The van der Waals surface area contributed by atoms with Gasteiger partial charge in [-0.05, 0) is 33.8 Å². The third-order valence-electron chi connectivity index (χ3n) is 3.21. The Morgan fingerprint density at radius 2 is 1.90 bits per heavy atom. The summed E-state index contributed by atoms with van der Waals surface area (Å²) < 4.78 is 1.90. The van der Waals surface area contributed by atoms with Crippen molar-refractivity contribution in [2.24, 2.45) is 0 Å². The molecule has 2 aromatic rings. The topological polar surface area (TPSA) is 55.6 Å². The lowest BCUT2D eigenvalue weighted by Crippen LogP contribution is -2.13. The fraction of sp³-hybridized carbons (Fsp3) is 0.533. The van der Waals surface area contributed by atoms with Crippen molar-refractivity contribution in [2.45, 2.75) is 47.5 Å². The number of aryl methyl sites for hydroxylation is 2. The molecule has 0 amide bonds. The van der Waals surface area contributed by atoms with E-state index in [-0.39, 0.29) is 5.92 Å². The summed E-state index contributed by atoms with van der Waals surface area (Å²) in [5.74, 6) is 2.89. The predicted octanol–water partition coefficient (Wildman–Crippen LogP) is 3.14. The maximum Gasteiger partial charge on any atom is 0.162 e. The Morgan fingerprint density at radius 1 is 1.20 bits per heavy atom. The Hall–Kier alpha value is -1.91. The summed E-state index contributed by atoms with van der Waals surface area (Å²) in [5, 5.41) is 7.86. The van der Waals surface area contributed by atoms with Crippen LogP contribution in [0.15, 0.2) is 6.07 Å². The molecule has 108 valence electrons. The van der Waals surface area contributed by atoms with Gasteiger partial charge in [-0.15, -0.1) is 0 Å². The van der Waals surface area contributed by atoms with E-state index < -0.39 is 0 Å². The van der Waals surface area contributed by atoms with Crippen molar-refractivity contribution in [1.82, 2.24) is 19.7 Å². The van der Waals surface area contributed by atoms with Gasteiger partial charge in [-0.1, -0.05) is 13.8 Å². The number of aromatic nitrogens is 4. The molecule has 0 aliphatic carbocycles. The highest BCUT2D eigenvalue weighted by Gasteiger charge is 2.16. The predicted molar refractivity (Wildman–Crippen MR) is 81.6 cm³/mol. The van der Waals surface area contributed by atoms with Crippen LogP contribution in [-0.4, -0.2) is 26.3 Å². The summed E-state index contributed by atoms with van der Waals surface area (Å²) in [5.41, 5.74) is 3.11. The minimum Gasteiger partial charge on any atom is -0.370 e. The van der Waals surface area contributed by atoms with E-state index >= 15 is 0 Å². The lowest BCUT2D eigenvalue weighted by atomic mass is 10.2. The molecule has 5 heteroatoms. The molecular formula is C15H23N5. The molecule has 0 spiro atoms. The van der Waals surface area contributed by atoms with Gasteiger partial charge in [-0.2, -0.15) is 5.10 Å². The summed E-state index contributed by atoms with van der Waals surface area (Å²) in [7, 11) is 0.